The van der Waals surface area contributed by atoms with E-state index in [4.69, 9.17) is 4.74 Å². The number of aliphatic hydroxyl groups is 3. The van der Waals surface area contributed by atoms with Gasteiger partial charge in [0.1, 0.15) is 23.9 Å². The van der Waals surface area contributed by atoms with Crippen molar-refractivity contribution >= 4 is 6.09 Å². The first kappa shape index (κ1) is 13.2. The van der Waals surface area contributed by atoms with Crippen molar-refractivity contribution < 1.29 is 24.9 Å². The number of hydrogen-bond acceptors (Lipinski definition) is 5. The molecule has 1 unspecified atom stereocenters. The maximum atomic E-state index is 11.6. The fourth-order valence-electron chi connectivity index (χ4n) is 1.47. The van der Waals surface area contributed by atoms with Crippen LogP contribution in [-0.4, -0.2) is 63.3 Å². The zero-order chi connectivity index (χ0) is 12.5. The quantitative estimate of drug-likeness (QED) is 0.516. The maximum Gasteiger partial charge on any atom is 0.410 e. The van der Waals surface area contributed by atoms with Gasteiger partial charge >= 0.3 is 6.09 Å². The number of amides is 1. The van der Waals surface area contributed by atoms with Crippen LogP contribution in [0.5, 0.6) is 0 Å². The molecule has 6 heteroatoms. The Labute approximate surface area is 94.4 Å². The molecule has 16 heavy (non-hydrogen) atoms. The number of aliphatic hydroxyl groups excluding tert-OH is 3. The molecule has 1 aliphatic heterocycles. The van der Waals surface area contributed by atoms with Crippen LogP contribution in [0.25, 0.3) is 0 Å². The monoisotopic (exact) mass is 233 g/mol. The summed E-state index contributed by atoms with van der Waals surface area (Å²) >= 11 is 0. The number of rotatable bonds is 0. The number of likely N-dealkylation sites (tertiary alicyclic amines) is 1. The minimum absolute atomic E-state index is 0.0346. The van der Waals surface area contributed by atoms with E-state index in [1.807, 2.05) is 0 Å². The van der Waals surface area contributed by atoms with Crippen molar-refractivity contribution in [3.05, 3.63) is 0 Å². The Balaban J connectivity index is 2.58. The molecule has 0 bridgehead atoms. The van der Waals surface area contributed by atoms with Crippen LogP contribution in [-0.2, 0) is 4.74 Å². The lowest BCUT2D eigenvalue weighted by Crippen LogP contribution is -2.57. The highest BCUT2D eigenvalue weighted by Gasteiger charge is 2.37. The molecule has 0 aromatic heterocycles. The molecular formula is C10H19NO5. The van der Waals surface area contributed by atoms with Crippen LogP contribution >= 0.6 is 0 Å². The summed E-state index contributed by atoms with van der Waals surface area (Å²) < 4.78 is 5.09. The van der Waals surface area contributed by atoms with Gasteiger partial charge in [-0.2, -0.15) is 0 Å². The molecule has 1 rings (SSSR count). The van der Waals surface area contributed by atoms with Gasteiger partial charge in [-0.15, -0.1) is 0 Å². The van der Waals surface area contributed by atoms with Crippen molar-refractivity contribution in [1.82, 2.24) is 4.90 Å². The second kappa shape index (κ2) is 4.57. The van der Waals surface area contributed by atoms with E-state index in [9.17, 15) is 20.1 Å². The third kappa shape index (κ3) is 3.33. The van der Waals surface area contributed by atoms with Gasteiger partial charge in [-0.3, -0.25) is 0 Å². The lowest BCUT2D eigenvalue weighted by Gasteiger charge is -2.37. The molecule has 3 atom stereocenters. The van der Waals surface area contributed by atoms with E-state index in [0.29, 0.717) is 0 Å². The van der Waals surface area contributed by atoms with Crippen LogP contribution < -0.4 is 0 Å². The topological polar surface area (TPSA) is 90.2 Å². The van der Waals surface area contributed by atoms with Crippen LogP contribution in [0, 0.1) is 0 Å². The van der Waals surface area contributed by atoms with Crippen LogP contribution in [0.2, 0.25) is 0 Å². The molecule has 0 aromatic carbocycles. The number of β-amino-alcohol motifs (C(OH)–C–C–N with tert-alkyl or cyclic N) is 2. The van der Waals surface area contributed by atoms with Crippen molar-refractivity contribution in [3.8, 4) is 0 Å². The molecule has 1 fully saturated rings. The van der Waals surface area contributed by atoms with Gasteiger partial charge in [-0.25, -0.2) is 4.79 Å². The van der Waals surface area contributed by atoms with E-state index in [1.165, 1.54) is 4.90 Å². The SMILES string of the molecule is CC(C)(C)OC(=O)N1C[C@@H](O)C(O)[C@@H](O)C1. The van der Waals surface area contributed by atoms with Crippen molar-refractivity contribution in [2.75, 3.05) is 13.1 Å². The van der Waals surface area contributed by atoms with Gasteiger partial charge in [0.15, 0.2) is 0 Å². The first-order valence-corrected chi connectivity index (χ1v) is 5.23. The van der Waals surface area contributed by atoms with Gasteiger partial charge in [-0.05, 0) is 20.8 Å². The fourth-order valence-corrected chi connectivity index (χ4v) is 1.47. The third-order valence-electron chi connectivity index (χ3n) is 2.26. The average molecular weight is 233 g/mol. The highest BCUT2D eigenvalue weighted by Crippen LogP contribution is 2.16. The lowest BCUT2D eigenvalue weighted by atomic mass is 10.0. The van der Waals surface area contributed by atoms with Gasteiger partial charge < -0.3 is 25.0 Å². The summed E-state index contributed by atoms with van der Waals surface area (Å²) in [6.07, 6.45) is -4.09. The molecule has 0 spiro atoms. The van der Waals surface area contributed by atoms with Crippen molar-refractivity contribution in [1.29, 1.82) is 0 Å². The van der Waals surface area contributed by atoms with E-state index in [2.05, 4.69) is 0 Å². The van der Waals surface area contributed by atoms with E-state index < -0.39 is 30.0 Å². The fraction of sp³-hybridized carbons (Fsp3) is 0.900. The Morgan fingerprint density at radius 2 is 1.62 bits per heavy atom. The molecule has 0 radical (unpaired) electrons. The predicted molar refractivity (Wildman–Crippen MR) is 55.8 cm³/mol. The van der Waals surface area contributed by atoms with Crippen molar-refractivity contribution in [3.63, 3.8) is 0 Å². The molecule has 3 N–H and O–H groups in total. The van der Waals surface area contributed by atoms with Gasteiger partial charge in [0.2, 0.25) is 0 Å². The first-order chi connectivity index (χ1) is 7.20. The molecule has 0 aromatic rings. The van der Waals surface area contributed by atoms with Crippen LogP contribution in [0.1, 0.15) is 20.8 Å². The summed E-state index contributed by atoms with van der Waals surface area (Å²) in [7, 11) is 0. The zero-order valence-electron chi connectivity index (χ0n) is 9.75. The molecule has 1 aliphatic rings. The van der Waals surface area contributed by atoms with Gasteiger partial charge in [0, 0.05) is 0 Å². The molecule has 0 saturated carbocycles. The first-order valence-electron chi connectivity index (χ1n) is 5.23. The second-order valence-electron chi connectivity index (χ2n) is 5.01. The Bertz CT molecular complexity index is 250. The van der Waals surface area contributed by atoms with Crippen molar-refractivity contribution in [2.45, 2.75) is 44.7 Å². The standard InChI is InChI=1S/C10H19NO5/c1-10(2,3)16-9(15)11-4-6(12)8(14)7(13)5-11/h6-8,12-14H,4-5H2,1-3H3/t6-,7+,8?. The van der Waals surface area contributed by atoms with Crippen LogP contribution in [0.15, 0.2) is 0 Å². The Kier molecular flexibility index (Phi) is 3.77. The Morgan fingerprint density at radius 3 is 2.00 bits per heavy atom. The van der Waals surface area contributed by atoms with E-state index >= 15 is 0 Å². The Hall–Kier alpha value is -0.850. The number of ether oxygens (including phenoxy) is 1. The summed E-state index contributed by atoms with van der Waals surface area (Å²) in [5, 5.41) is 28.1. The largest absolute Gasteiger partial charge is 0.444 e. The molecule has 1 amide bonds. The van der Waals surface area contributed by atoms with Gasteiger partial charge in [0.25, 0.3) is 0 Å². The number of piperidine rings is 1. The normalized spacial score (nSPS) is 31.4. The van der Waals surface area contributed by atoms with E-state index in [0.717, 1.165) is 0 Å². The van der Waals surface area contributed by atoms with E-state index in [1.54, 1.807) is 20.8 Å². The summed E-state index contributed by atoms with van der Waals surface area (Å²) in [4.78, 5) is 12.8. The molecule has 6 nitrogen and oxygen atoms in total. The summed E-state index contributed by atoms with van der Waals surface area (Å²) in [6.45, 7) is 5.13. The summed E-state index contributed by atoms with van der Waals surface area (Å²) in [5.74, 6) is 0. The third-order valence-corrected chi connectivity index (χ3v) is 2.26. The second-order valence-corrected chi connectivity index (χ2v) is 5.01. The highest BCUT2D eigenvalue weighted by atomic mass is 16.6. The molecule has 1 heterocycles. The molecule has 1 saturated heterocycles. The minimum Gasteiger partial charge on any atom is -0.444 e. The number of carbonyl (C=O) groups excluding carboxylic acids is 1. The lowest BCUT2D eigenvalue weighted by molar-refractivity contribution is -0.109. The smallest absolute Gasteiger partial charge is 0.410 e. The van der Waals surface area contributed by atoms with Gasteiger partial charge in [0.05, 0.1) is 13.1 Å². The molecule has 0 aliphatic carbocycles. The van der Waals surface area contributed by atoms with E-state index in [-0.39, 0.29) is 13.1 Å². The number of nitrogens with zero attached hydrogens (tertiary/aromatic N) is 1. The Morgan fingerprint density at radius 1 is 1.19 bits per heavy atom. The summed E-state index contributed by atoms with van der Waals surface area (Å²) in [5.41, 5.74) is -0.622. The average Bonchev–Trinajstić information content (AvgIpc) is 2.10. The number of hydrogen-bond donors (Lipinski definition) is 3. The minimum atomic E-state index is -1.21. The maximum absolute atomic E-state index is 11.6. The molecule has 94 valence electrons. The number of carbonyl (C=O) groups is 1. The highest BCUT2D eigenvalue weighted by molar-refractivity contribution is 5.68. The van der Waals surface area contributed by atoms with Crippen molar-refractivity contribution in [2.24, 2.45) is 0 Å². The summed E-state index contributed by atoms with van der Waals surface area (Å²) in [6, 6.07) is 0. The molecular weight excluding hydrogens is 214 g/mol. The predicted octanol–water partition coefficient (Wildman–Crippen LogP) is -0.680. The zero-order valence-corrected chi connectivity index (χ0v) is 9.75. The van der Waals surface area contributed by atoms with Crippen LogP contribution in [0.4, 0.5) is 4.79 Å². The van der Waals surface area contributed by atoms with Crippen LogP contribution in [0.3, 0.4) is 0 Å². The van der Waals surface area contributed by atoms with Gasteiger partial charge in [-0.1, -0.05) is 0 Å².